The predicted octanol–water partition coefficient (Wildman–Crippen LogP) is 16.8. The molecule has 5 aliphatic heterocycles. The van der Waals surface area contributed by atoms with Gasteiger partial charge in [0.05, 0.1) is 124 Å². The Kier molecular flexibility index (Phi) is 45.6. The van der Waals surface area contributed by atoms with Crippen LogP contribution in [0.5, 0.6) is 0 Å². The molecule has 5 aromatic heterocycles. The quantitative estimate of drug-likeness (QED) is 0.0131. The Hall–Kier alpha value is -8.44. The Bertz CT molecular complexity index is 5980. The minimum absolute atomic E-state index is 0. The molecule has 141 heavy (non-hydrogen) atoms. The number of esters is 1. The molecule has 0 amide bonds. The molecular weight excluding hydrogens is 1810 g/mol. The fraction of sp³-hybridized carbons (Fsp3) is 0.550. The summed E-state index contributed by atoms with van der Waals surface area (Å²) in [5, 5.41) is 51.5. The number of allylic oxidation sites excluding steroid dienone is 5. The molecule has 11 atom stereocenters. The van der Waals surface area contributed by atoms with Crippen molar-refractivity contribution in [2.24, 2.45) is 0 Å². The molecule has 10 aromatic rings. The number of aliphatic hydroxyl groups excluding tert-OH is 5. The van der Waals surface area contributed by atoms with Crippen molar-refractivity contribution in [2.75, 3.05) is 99.0 Å². The van der Waals surface area contributed by atoms with E-state index in [1.54, 1.807) is 0 Å². The van der Waals surface area contributed by atoms with Crippen LogP contribution in [-0.2, 0) is 60.7 Å². The summed E-state index contributed by atoms with van der Waals surface area (Å²) < 4.78 is 28.5. The molecule has 0 saturated carbocycles. The fourth-order valence-electron chi connectivity index (χ4n) is 17.8. The summed E-state index contributed by atoms with van der Waals surface area (Å²) in [6.45, 7) is 65.4. The second-order valence-electron chi connectivity index (χ2n) is 42.4. The average Bonchev–Trinajstić information content (AvgIpc) is 1.63. The predicted molar refractivity (Wildman–Crippen MR) is 583 cm³/mol. The summed E-state index contributed by atoms with van der Waals surface area (Å²) in [6, 6.07) is 41.9. The summed E-state index contributed by atoms with van der Waals surface area (Å²) in [6.07, 6.45) is 9.67. The van der Waals surface area contributed by atoms with Crippen molar-refractivity contribution >= 4 is 103 Å². The van der Waals surface area contributed by atoms with Gasteiger partial charge in [-0.1, -0.05) is 183 Å². The Balaban J connectivity index is 0.000000311. The van der Waals surface area contributed by atoms with E-state index < -0.39 is 47.3 Å². The smallest absolute Gasteiger partial charge is 1.00 e. The number of para-hydroxylation sites is 10. The molecular formula is C111H170BN15NaO11Si2. The van der Waals surface area contributed by atoms with Gasteiger partial charge in [-0.05, 0) is 201 Å². The summed E-state index contributed by atoms with van der Waals surface area (Å²) in [5.74, 6) is 2.05. The molecule has 0 bridgehead atoms. The molecule has 0 fully saturated rings. The van der Waals surface area contributed by atoms with Gasteiger partial charge >= 0.3 is 35.5 Å². The van der Waals surface area contributed by atoms with Gasteiger partial charge in [0, 0.05) is 137 Å². The number of aromatic nitrogens is 10. The third-order valence-electron chi connectivity index (χ3n) is 28.5. The Labute approximate surface area is 870 Å². The number of carbonyl (C=O) groups excluding carboxylic acids is 3. The number of benzene rings is 5. The Morgan fingerprint density at radius 2 is 0.702 bits per heavy atom. The first-order chi connectivity index (χ1) is 64.2. The number of imidazole rings is 5. The van der Waals surface area contributed by atoms with E-state index in [1.807, 2.05) is 91.0 Å². The second kappa shape index (κ2) is 53.1. The second-order valence-corrected chi connectivity index (χ2v) is 52.0. The first-order valence-electron chi connectivity index (χ1n) is 48.8. The van der Waals surface area contributed by atoms with Crippen molar-refractivity contribution in [1.82, 2.24) is 72.3 Å². The van der Waals surface area contributed by atoms with Crippen molar-refractivity contribution in [3.63, 3.8) is 0 Å². The SMILES string of the molecule is C.C.C.CC(C)=CCN1CC(C(=O)CO)c2nc3ccccc3n2CC1C.CC(C)=CCN1CC(C(=O)CO[Si](C)(C)C(C)(C)C)c2nc3ccccc3n2CC1C.CC(C)=CCN1CC(C(O)CO)c2nc3ccccc3n2CC1C.CC(C)=CCN1CC(C(O)CO[Si](C)(C)C(C)(C)C)c2nc3ccccc3n2CC1C.COC(=O)C(O)=C1CN(CC=C(C)C)C(C)Cn2c1nc1ccccc12.[B].[H-].[Na+]. The minimum atomic E-state index is -2.00. The Morgan fingerprint density at radius 3 is 1.04 bits per heavy atom. The van der Waals surface area contributed by atoms with Gasteiger partial charge in [-0.15, -0.1) is 0 Å². The number of ketones is 2. The molecule has 5 N–H and O–H groups in total. The molecule has 15 rings (SSSR count). The van der Waals surface area contributed by atoms with E-state index in [1.165, 1.54) is 35.0 Å². The van der Waals surface area contributed by atoms with Gasteiger partial charge in [0.2, 0.25) is 5.76 Å². The molecule has 3 radical (unpaired) electrons. The van der Waals surface area contributed by atoms with E-state index in [0.717, 1.165) is 150 Å². The number of fused-ring (bicyclic) bond motifs is 15. The largest absolute Gasteiger partial charge is 1.00 e. The van der Waals surface area contributed by atoms with Gasteiger partial charge in [-0.3, -0.25) is 34.1 Å². The number of ether oxygens (including phenoxy) is 1. The van der Waals surface area contributed by atoms with Gasteiger partial charge in [-0.25, -0.2) is 29.7 Å². The summed E-state index contributed by atoms with van der Waals surface area (Å²) in [5.41, 5.74) is 17.0. The van der Waals surface area contributed by atoms with Crippen molar-refractivity contribution in [2.45, 2.75) is 303 Å². The maximum absolute atomic E-state index is 13.6. The molecule has 10 heterocycles. The molecule has 5 aliphatic rings. The van der Waals surface area contributed by atoms with Crippen molar-refractivity contribution in [3.05, 3.63) is 214 Å². The number of rotatable bonds is 23. The third kappa shape index (κ3) is 29.9. The van der Waals surface area contributed by atoms with Crippen LogP contribution in [0.1, 0.15) is 222 Å². The van der Waals surface area contributed by atoms with Crippen LogP contribution in [0, 0.1) is 0 Å². The first kappa shape index (κ1) is 121. The maximum atomic E-state index is 13.6. The van der Waals surface area contributed by atoms with E-state index in [0.29, 0.717) is 62.3 Å². The van der Waals surface area contributed by atoms with Crippen LogP contribution in [0.15, 0.2) is 185 Å². The van der Waals surface area contributed by atoms with E-state index in [2.05, 4.69) is 280 Å². The molecule has 11 unspecified atom stereocenters. The number of carbonyl (C=O) groups is 3. The molecule has 0 spiro atoms. The summed E-state index contributed by atoms with van der Waals surface area (Å²) in [4.78, 5) is 73.8. The molecule has 30 heteroatoms. The molecule has 0 aliphatic carbocycles. The zero-order valence-corrected chi connectivity index (χ0v) is 91.7. The van der Waals surface area contributed by atoms with Gasteiger partial charge in [0.25, 0.3) is 0 Å². The first-order valence-corrected chi connectivity index (χ1v) is 54.6. The van der Waals surface area contributed by atoms with Crippen molar-refractivity contribution in [3.8, 4) is 0 Å². The topological polar surface area (TPSA) is 285 Å². The summed E-state index contributed by atoms with van der Waals surface area (Å²) >= 11 is 0. The van der Waals surface area contributed by atoms with Crippen LogP contribution in [-0.4, -0.2) is 282 Å². The van der Waals surface area contributed by atoms with Gasteiger partial charge in [0.1, 0.15) is 35.7 Å². The van der Waals surface area contributed by atoms with Crippen LogP contribution in [0.4, 0.5) is 0 Å². The molecule has 0 saturated heterocycles. The van der Waals surface area contributed by atoms with Crippen LogP contribution in [0.3, 0.4) is 0 Å². The zero-order chi connectivity index (χ0) is 99.3. The molecule has 5 aromatic carbocycles. The van der Waals surface area contributed by atoms with Gasteiger partial charge in [-0.2, -0.15) is 0 Å². The number of aliphatic hydroxyl groups is 5. The van der Waals surface area contributed by atoms with E-state index >= 15 is 0 Å². The monoisotopic (exact) mass is 1980 g/mol. The summed E-state index contributed by atoms with van der Waals surface area (Å²) in [7, 11) is -2.67. The number of Topliss-reactive ketones (excluding diaryl/α,β-unsaturated/α-hetero) is 2. The number of methoxy groups -OCH3 is 1. The van der Waals surface area contributed by atoms with Gasteiger partial charge < -0.3 is 63.4 Å². The van der Waals surface area contributed by atoms with E-state index in [4.69, 9.17) is 38.5 Å². The van der Waals surface area contributed by atoms with Crippen LogP contribution in [0.2, 0.25) is 36.3 Å². The number of hydrogen-bond donors (Lipinski definition) is 5. The Morgan fingerprint density at radius 1 is 0.418 bits per heavy atom. The standard InChI is InChI=1S/C25H41N3O2Si.C25H39N3O2Si.C20H25N3O3.C19H27N3O2.C19H25N3O2.3CH4.B.Na.H/c2*1-18(2)13-14-27-16-20(23(29)17-30-31(7,8)25(4,5)6)24-26-21-11-9-10-12-22(21)28(24)15-19(27)3;1-13(2)9-10-22-12-15(18(24)20(25)26-4)19-21-16-7-5-6-8-17(16)23(19)11-14(22)3;2*1-13(2)8-9-21-11-15(18(24)12-23)19-20-16-6-4-5-7-17(16)22(19)10-14(21)3;;;;;;/h9-13,19-20,23,29H,14-17H2,1-8H3;9-13,19-20H,14-17H2,1-8H3;5-9,14,24H,10-12H2,1-4H3;4-8,14-15,18,23-24H,9-12H2,1-3H3;4-8,14-15,23H,9-12H2,1-3H3;3*1H4;;;/q;;;;;;;;;+1;-1. The third-order valence-corrected chi connectivity index (χ3v) is 37.5. The minimum Gasteiger partial charge on any atom is -1.00 e. The molecule has 767 valence electrons. The van der Waals surface area contributed by atoms with Crippen LogP contribution in [0.25, 0.3) is 60.7 Å². The normalized spacial score (nSPS) is 20.4. The number of hydrogen-bond acceptors (Lipinski definition) is 21. The average molecular weight is 1980 g/mol. The van der Waals surface area contributed by atoms with E-state index in [-0.39, 0.29) is 132 Å². The maximum Gasteiger partial charge on any atom is 1.00 e. The zero-order valence-electron chi connectivity index (χ0n) is 88.7. The van der Waals surface area contributed by atoms with Crippen molar-refractivity contribution in [1.29, 1.82) is 0 Å². The van der Waals surface area contributed by atoms with Crippen LogP contribution < -0.4 is 29.6 Å². The van der Waals surface area contributed by atoms with E-state index in [9.17, 15) is 39.9 Å². The fourth-order valence-corrected chi connectivity index (χ4v) is 19.7. The molecule has 26 nitrogen and oxygen atoms in total. The number of nitrogens with zero attached hydrogens (tertiary/aromatic N) is 15. The van der Waals surface area contributed by atoms with Crippen molar-refractivity contribution < 1.29 is 84.5 Å². The van der Waals surface area contributed by atoms with Crippen LogP contribution >= 0.6 is 0 Å². The van der Waals surface area contributed by atoms with Gasteiger partial charge in [0.15, 0.2) is 28.2 Å².